The minimum atomic E-state index is -0.700. The van der Waals surface area contributed by atoms with Gasteiger partial charge in [-0.25, -0.2) is 0 Å². The number of aryl methyl sites for hydroxylation is 1. The first-order chi connectivity index (χ1) is 9.88. The topological polar surface area (TPSA) is 63.6 Å². The molecule has 1 aromatic rings. The highest BCUT2D eigenvalue weighted by Crippen LogP contribution is 2.20. The van der Waals surface area contributed by atoms with Crippen molar-refractivity contribution in [3.63, 3.8) is 0 Å². The number of carbonyl (C=O) groups is 2. The number of rotatable bonds is 8. The second-order valence-electron chi connectivity index (χ2n) is 5.79. The van der Waals surface area contributed by atoms with Crippen LogP contribution in [0.1, 0.15) is 45.6 Å². The van der Waals surface area contributed by atoms with Gasteiger partial charge in [0.1, 0.15) is 5.75 Å². The van der Waals surface area contributed by atoms with E-state index in [2.05, 4.69) is 0 Å². The highest BCUT2D eigenvalue weighted by atomic mass is 16.5. The largest absolute Gasteiger partial charge is 0.481 e. The summed E-state index contributed by atoms with van der Waals surface area (Å²) >= 11 is 0. The van der Waals surface area contributed by atoms with Crippen molar-refractivity contribution in [3.05, 3.63) is 29.8 Å². The van der Waals surface area contributed by atoms with Crippen LogP contribution in [0.25, 0.3) is 0 Å². The number of carboxylic acid groups (broad SMARTS) is 1. The van der Waals surface area contributed by atoms with Crippen molar-refractivity contribution < 1.29 is 19.4 Å². The van der Waals surface area contributed by atoms with E-state index in [1.807, 2.05) is 26.0 Å². The molecule has 0 heterocycles. The van der Waals surface area contributed by atoms with Crippen molar-refractivity contribution in [3.8, 4) is 5.75 Å². The van der Waals surface area contributed by atoms with Crippen LogP contribution in [0.2, 0.25) is 0 Å². The smallest absolute Gasteiger partial charge is 0.308 e. The molecule has 0 amide bonds. The standard InChI is InChI=1S/C17H24O4/c1-12(2)11-15(17(19)20)6-4-5-14-7-9-16(10-8-14)21-13(3)18/h7-10,12,15H,4-6,11H2,1-3H3,(H,19,20). The summed E-state index contributed by atoms with van der Waals surface area (Å²) in [5.74, 6) is -0.358. The van der Waals surface area contributed by atoms with Gasteiger partial charge in [-0.05, 0) is 49.3 Å². The quantitative estimate of drug-likeness (QED) is 0.586. The average Bonchev–Trinajstić information content (AvgIpc) is 2.38. The number of esters is 1. The van der Waals surface area contributed by atoms with Gasteiger partial charge in [-0.15, -0.1) is 0 Å². The fourth-order valence-corrected chi connectivity index (χ4v) is 2.35. The lowest BCUT2D eigenvalue weighted by Gasteiger charge is -2.14. The monoisotopic (exact) mass is 292 g/mol. The minimum absolute atomic E-state index is 0.259. The number of carboxylic acids is 1. The maximum atomic E-state index is 11.2. The first-order valence-electron chi connectivity index (χ1n) is 7.38. The molecule has 21 heavy (non-hydrogen) atoms. The molecular weight excluding hydrogens is 268 g/mol. The summed E-state index contributed by atoms with van der Waals surface area (Å²) in [6.45, 7) is 5.46. The zero-order chi connectivity index (χ0) is 15.8. The highest BCUT2D eigenvalue weighted by molar-refractivity contribution is 5.70. The van der Waals surface area contributed by atoms with Gasteiger partial charge in [0.05, 0.1) is 5.92 Å². The molecule has 1 N–H and O–H groups in total. The van der Waals surface area contributed by atoms with E-state index < -0.39 is 5.97 Å². The fraction of sp³-hybridized carbons (Fsp3) is 0.529. The molecule has 1 aromatic carbocycles. The van der Waals surface area contributed by atoms with Crippen LogP contribution < -0.4 is 4.74 Å². The van der Waals surface area contributed by atoms with Crippen LogP contribution in [0.4, 0.5) is 0 Å². The third-order valence-corrected chi connectivity index (χ3v) is 3.31. The van der Waals surface area contributed by atoms with Crippen LogP contribution in [-0.2, 0) is 16.0 Å². The van der Waals surface area contributed by atoms with Gasteiger partial charge in [0.2, 0.25) is 0 Å². The molecule has 4 heteroatoms. The maximum Gasteiger partial charge on any atom is 0.308 e. The van der Waals surface area contributed by atoms with Crippen molar-refractivity contribution in [1.82, 2.24) is 0 Å². The van der Waals surface area contributed by atoms with E-state index in [1.54, 1.807) is 12.1 Å². The van der Waals surface area contributed by atoms with E-state index >= 15 is 0 Å². The maximum absolute atomic E-state index is 11.2. The Labute approximate surface area is 126 Å². The Bertz CT molecular complexity index is 462. The van der Waals surface area contributed by atoms with Crippen LogP contribution in [0, 0.1) is 11.8 Å². The van der Waals surface area contributed by atoms with Crippen molar-refractivity contribution in [2.24, 2.45) is 11.8 Å². The molecular formula is C17H24O4. The molecule has 0 bridgehead atoms. The molecule has 0 aliphatic carbocycles. The number of ether oxygens (including phenoxy) is 1. The summed E-state index contributed by atoms with van der Waals surface area (Å²) in [5.41, 5.74) is 1.12. The van der Waals surface area contributed by atoms with Crippen molar-refractivity contribution >= 4 is 11.9 Å². The lowest BCUT2D eigenvalue weighted by atomic mass is 9.91. The molecule has 0 radical (unpaired) electrons. The minimum Gasteiger partial charge on any atom is -0.481 e. The predicted molar refractivity (Wildman–Crippen MR) is 81.3 cm³/mol. The van der Waals surface area contributed by atoms with Gasteiger partial charge in [-0.2, -0.15) is 0 Å². The summed E-state index contributed by atoms with van der Waals surface area (Å²) in [5, 5.41) is 9.19. The molecule has 0 aromatic heterocycles. The van der Waals surface area contributed by atoms with Crippen molar-refractivity contribution in [2.45, 2.75) is 46.5 Å². The van der Waals surface area contributed by atoms with Crippen LogP contribution in [-0.4, -0.2) is 17.0 Å². The molecule has 0 aliphatic rings. The zero-order valence-electron chi connectivity index (χ0n) is 13.0. The Morgan fingerprint density at radius 1 is 1.19 bits per heavy atom. The van der Waals surface area contributed by atoms with E-state index in [1.165, 1.54) is 6.92 Å². The summed E-state index contributed by atoms with van der Waals surface area (Å²) in [6, 6.07) is 7.35. The van der Waals surface area contributed by atoms with E-state index in [0.29, 0.717) is 18.1 Å². The van der Waals surface area contributed by atoms with Crippen LogP contribution >= 0.6 is 0 Å². The summed E-state index contributed by atoms with van der Waals surface area (Å²) in [7, 11) is 0. The van der Waals surface area contributed by atoms with E-state index in [0.717, 1.165) is 24.8 Å². The second kappa shape index (κ2) is 8.45. The predicted octanol–water partition coefficient (Wildman–Crippen LogP) is 3.68. The van der Waals surface area contributed by atoms with Crippen molar-refractivity contribution in [2.75, 3.05) is 0 Å². The molecule has 1 atom stereocenters. The van der Waals surface area contributed by atoms with Gasteiger partial charge in [0, 0.05) is 6.92 Å². The Hall–Kier alpha value is -1.84. The fourth-order valence-electron chi connectivity index (χ4n) is 2.35. The van der Waals surface area contributed by atoms with Crippen molar-refractivity contribution in [1.29, 1.82) is 0 Å². The summed E-state index contributed by atoms with van der Waals surface area (Å²) < 4.78 is 4.97. The zero-order valence-corrected chi connectivity index (χ0v) is 13.0. The average molecular weight is 292 g/mol. The summed E-state index contributed by atoms with van der Waals surface area (Å²) in [6.07, 6.45) is 3.10. The first kappa shape index (κ1) is 17.2. The Morgan fingerprint density at radius 2 is 1.81 bits per heavy atom. The van der Waals surface area contributed by atoms with Gasteiger partial charge in [-0.1, -0.05) is 26.0 Å². The number of aliphatic carboxylic acids is 1. The van der Waals surface area contributed by atoms with Crippen LogP contribution in [0.15, 0.2) is 24.3 Å². The van der Waals surface area contributed by atoms with Gasteiger partial charge in [0.25, 0.3) is 0 Å². The van der Waals surface area contributed by atoms with Gasteiger partial charge < -0.3 is 9.84 Å². The third-order valence-electron chi connectivity index (χ3n) is 3.31. The molecule has 1 unspecified atom stereocenters. The molecule has 116 valence electrons. The third kappa shape index (κ3) is 6.93. The molecule has 4 nitrogen and oxygen atoms in total. The van der Waals surface area contributed by atoms with E-state index in [9.17, 15) is 14.7 Å². The van der Waals surface area contributed by atoms with Gasteiger partial charge in [0.15, 0.2) is 0 Å². The second-order valence-corrected chi connectivity index (χ2v) is 5.79. The lowest BCUT2D eigenvalue weighted by molar-refractivity contribution is -0.142. The summed E-state index contributed by atoms with van der Waals surface area (Å²) in [4.78, 5) is 22.0. The molecule has 0 aliphatic heterocycles. The number of carbonyl (C=O) groups excluding carboxylic acids is 1. The highest BCUT2D eigenvalue weighted by Gasteiger charge is 2.18. The lowest BCUT2D eigenvalue weighted by Crippen LogP contribution is -2.16. The molecule has 1 rings (SSSR count). The molecule has 0 saturated carbocycles. The number of hydrogen-bond acceptors (Lipinski definition) is 3. The Morgan fingerprint density at radius 3 is 2.29 bits per heavy atom. The molecule has 0 spiro atoms. The SMILES string of the molecule is CC(=O)Oc1ccc(CCCC(CC(C)C)C(=O)O)cc1. The van der Waals surface area contributed by atoms with E-state index in [-0.39, 0.29) is 11.9 Å². The van der Waals surface area contributed by atoms with Crippen LogP contribution in [0.3, 0.4) is 0 Å². The molecule has 0 fully saturated rings. The van der Waals surface area contributed by atoms with E-state index in [4.69, 9.17) is 4.74 Å². The van der Waals surface area contributed by atoms with Crippen LogP contribution in [0.5, 0.6) is 5.75 Å². The van der Waals surface area contributed by atoms with Gasteiger partial charge >= 0.3 is 11.9 Å². The molecule has 0 saturated heterocycles. The Balaban J connectivity index is 2.43. The number of benzene rings is 1. The normalized spacial score (nSPS) is 12.2. The number of hydrogen-bond donors (Lipinski definition) is 1. The Kier molecular flexibility index (Phi) is 6.92. The first-order valence-corrected chi connectivity index (χ1v) is 7.38. The van der Waals surface area contributed by atoms with Gasteiger partial charge in [-0.3, -0.25) is 9.59 Å².